The first-order valence-corrected chi connectivity index (χ1v) is 6.53. The van der Waals surface area contributed by atoms with Crippen molar-refractivity contribution in [3.8, 4) is 0 Å². The molecule has 2 rings (SSSR count). The average molecular weight is 241 g/mol. The zero-order chi connectivity index (χ0) is 11.9. The number of rotatable bonds is 4. The quantitative estimate of drug-likeness (QED) is 0.645. The van der Waals surface area contributed by atoms with Gasteiger partial charge in [0.15, 0.2) is 0 Å². The highest BCUT2D eigenvalue weighted by atomic mass is 32.2. The van der Waals surface area contributed by atoms with E-state index in [1.54, 1.807) is 11.8 Å². The Morgan fingerprint density at radius 1 is 0.941 bits per heavy atom. The van der Waals surface area contributed by atoms with Crippen LogP contribution in [0.15, 0.2) is 65.6 Å². The number of anilines is 1. The van der Waals surface area contributed by atoms with Gasteiger partial charge in [-0.1, -0.05) is 42.5 Å². The fourth-order valence-corrected chi connectivity index (χ4v) is 2.17. The van der Waals surface area contributed by atoms with Gasteiger partial charge >= 0.3 is 0 Å². The summed E-state index contributed by atoms with van der Waals surface area (Å²) >= 11 is 1.81. The Hall–Kier alpha value is -1.67. The summed E-state index contributed by atoms with van der Waals surface area (Å²) in [4.78, 5) is 1.25. The molecule has 0 heterocycles. The minimum absolute atomic E-state index is 0.814. The molecule has 0 bridgehead atoms. The maximum atomic E-state index is 5.63. The van der Waals surface area contributed by atoms with Gasteiger partial charge in [-0.2, -0.15) is 0 Å². The van der Waals surface area contributed by atoms with Crippen LogP contribution in [-0.4, -0.2) is 5.75 Å². The third-order valence-electron chi connectivity index (χ3n) is 2.34. The summed E-state index contributed by atoms with van der Waals surface area (Å²) in [7, 11) is 0. The van der Waals surface area contributed by atoms with Crippen LogP contribution < -0.4 is 5.73 Å². The van der Waals surface area contributed by atoms with Crippen molar-refractivity contribution in [1.82, 2.24) is 0 Å². The zero-order valence-corrected chi connectivity index (χ0v) is 10.4. The summed E-state index contributed by atoms with van der Waals surface area (Å²) in [6.07, 6.45) is 4.32. The summed E-state index contributed by atoms with van der Waals surface area (Å²) in [5, 5.41) is 0. The first kappa shape index (κ1) is 11.8. The van der Waals surface area contributed by atoms with Crippen molar-refractivity contribution in [2.45, 2.75) is 4.90 Å². The predicted octanol–water partition coefficient (Wildman–Crippen LogP) is 4.07. The van der Waals surface area contributed by atoms with Crippen molar-refractivity contribution < 1.29 is 0 Å². The summed E-state index contributed by atoms with van der Waals surface area (Å²) < 4.78 is 0. The number of nitrogen functional groups attached to an aromatic ring is 1. The van der Waals surface area contributed by atoms with Gasteiger partial charge in [0.05, 0.1) is 0 Å². The molecule has 0 aliphatic rings. The summed E-state index contributed by atoms with van der Waals surface area (Å²) in [5.41, 5.74) is 7.69. The third-order valence-corrected chi connectivity index (χ3v) is 3.30. The number of hydrogen-bond acceptors (Lipinski definition) is 2. The fraction of sp³-hybridized carbons (Fsp3) is 0.0667. The van der Waals surface area contributed by atoms with Crippen molar-refractivity contribution in [2.24, 2.45) is 0 Å². The molecule has 0 saturated heterocycles. The molecule has 2 aromatic rings. The zero-order valence-electron chi connectivity index (χ0n) is 9.54. The lowest BCUT2D eigenvalue weighted by Crippen LogP contribution is -1.82. The van der Waals surface area contributed by atoms with Gasteiger partial charge in [0.2, 0.25) is 0 Å². The predicted molar refractivity (Wildman–Crippen MR) is 77.1 cm³/mol. The highest BCUT2D eigenvalue weighted by molar-refractivity contribution is 7.99. The second-order valence-corrected chi connectivity index (χ2v) is 4.79. The Labute approximate surface area is 106 Å². The Kier molecular flexibility index (Phi) is 4.28. The molecule has 0 amide bonds. The molecule has 2 N–H and O–H groups in total. The van der Waals surface area contributed by atoms with Crippen molar-refractivity contribution in [3.63, 3.8) is 0 Å². The molecule has 0 atom stereocenters. The van der Waals surface area contributed by atoms with Crippen LogP contribution >= 0.6 is 11.8 Å². The second-order valence-electron chi connectivity index (χ2n) is 3.69. The van der Waals surface area contributed by atoms with Crippen LogP contribution in [0.4, 0.5) is 5.69 Å². The molecule has 0 spiro atoms. The molecular weight excluding hydrogens is 226 g/mol. The van der Waals surface area contributed by atoms with Gasteiger partial charge in [-0.3, -0.25) is 0 Å². The van der Waals surface area contributed by atoms with Crippen LogP contribution in [0.5, 0.6) is 0 Å². The normalized spacial score (nSPS) is 10.8. The summed E-state index contributed by atoms with van der Waals surface area (Å²) in [5.74, 6) is 0.971. The Bertz CT molecular complexity index is 474. The Morgan fingerprint density at radius 3 is 2.35 bits per heavy atom. The first-order chi connectivity index (χ1) is 8.34. The molecule has 0 radical (unpaired) electrons. The van der Waals surface area contributed by atoms with E-state index in [0.717, 1.165) is 11.4 Å². The van der Waals surface area contributed by atoms with E-state index in [0.29, 0.717) is 0 Å². The maximum Gasteiger partial charge on any atom is 0.0314 e. The third kappa shape index (κ3) is 4.00. The molecule has 17 heavy (non-hydrogen) atoms. The number of hydrogen-bond donors (Lipinski definition) is 1. The van der Waals surface area contributed by atoms with Crippen LogP contribution in [0.25, 0.3) is 6.08 Å². The Morgan fingerprint density at radius 2 is 1.65 bits per heavy atom. The number of thioether (sulfide) groups is 1. The van der Waals surface area contributed by atoms with Gasteiger partial charge < -0.3 is 5.73 Å². The van der Waals surface area contributed by atoms with Gasteiger partial charge in [-0.05, 0) is 29.8 Å². The lowest BCUT2D eigenvalue weighted by atomic mass is 10.2. The minimum atomic E-state index is 0.814. The van der Waals surface area contributed by atoms with Crippen molar-refractivity contribution >= 4 is 23.5 Å². The van der Waals surface area contributed by atoms with Crippen molar-refractivity contribution in [2.75, 3.05) is 11.5 Å². The SMILES string of the molecule is Nc1ccc(SC/C=C/c2ccccc2)cc1. The molecule has 0 fully saturated rings. The summed E-state index contributed by atoms with van der Waals surface area (Å²) in [6.45, 7) is 0. The van der Waals surface area contributed by atoms with Crippen molar-refractivity contribution in [1.29, 1.82) is 0 Å². The lowest BCUT2D eigenvalue weighted by Gasteiger charge is -1.98. The van der Waals surface area contributed by atoms with E-state index in [9.17, 15) is 0 Å². The van der Waals surface area contributed by atoms with E-state index >= 15 is 0 Å². The van der Waals surface area contributed by atoms with Gasteiger partial charge in [0.1, 0.15) is 0 Å². The van der Waals surface area contributed by atoms with Crippen LogP contribution in [-0.2, 0) is 0 Å². The molecule has 2 aromatic carbocycles. The summed E-state index contributed by atoms with van der Waals surface area (Å²) in [6, 6.07) is 18.3. The molecule has 0 aliphatic carbocycles. The fourth-order valence-electron chi connectivity index (χ4n) is 1.46. The molecule has 2 heteroatoms. The van der Waals surface area contributed by atoms with Gasteiger partial charge in [-0.15, -0.1) is 11.8 Å². The van der Waals surface area contributed by atoms with E-state index < -0.39 is 0 Å². The average Bonchev–Trinajstić information content (AvgIpc) is 2.38. The first-order valence-electron chi connectivity index (χ1n) is 5.54. The van der Waals surface area contributed by atoms with Crippen LogP contribution in [0, 0.1) is 0 Å². The van der Waals surface area contributed by atoms with Crippen molar-refractivity contribution in [3.05, 3.63) is 66.2 Å². The number of benzene rings is 2. The Balaban J connectivity index is 1.84. The lowest BCUT2D eigenvalue weighted by molar-refractivity contribution is 1.46. The molecule has 1 nitrogen and oxygen atoms in total. The van der Waals surface area contributed by atoms with E-state index in [2.05, 4.69) is 36.4 Å². The highest BCUT2D eigenvalue weighted by Gasteiger charge is 1.91. The largest absolute Gasteiger partial charge is 0.399 e. The van der Waals surface area contributed by atoms with E-state index in [-0.39, 0.29) is 0 Å². The number of nitrogens with two attached hydrogens (primary N) is 1. The molecule has 0 aromatic heterocycles. The van der Waals surface area contributed by atoms with Gasteiger partial charge in [0.25, 0.3) is 0 Å². The molecule has 0 aliphatic heterocycles. The van der Waals surface area contributed by atoms with E-state index in [1.165, 1.54) is 10.5 Å². The van der Waals surface area contributed by atoms with Crippen LogP contribution in [0.3, 0.4) is 0 Å². The topological polar surface area (TPSA) is 26.0 Å². The minimum Gasteiger partial charge on any atom is -0.399 e. The molecule has 86 valence electrons. The van der Waals surface area contributed by atoms with Crippen LogP contribution in [0.1, 0.15) is 5.56 Å². The standard InChI is InChI=1S/C15H15NS/c16-14-8-10-15(11-9-14)17-12-4-7-13-5-2-1-3-6-13/h1-11H,12,16H2/b7-4+. The van der Waals surface area contributed by atoms with Gasteiger partial charge in [-0.25, -0.2) is 0 Å². The molecular formula is C15H15NS. The monoisotopic (exact) mass is 241 g/mol. The van der Waals surface area contributed by atoms with E-state index in [1.807, 2.05) is 30.3 Å². The molecule has 0 unspecified atom stereocenters. The smallest absolute Gasteiger partial charge is 0.0314 e. The van der Waals surface area contributed by atoms with Gasteiger partial charge in [0, 0.05) is 16.3 Å². The van der Waals surface area contributed by atoms with E-state index in [4.69, 9.17) is 5.73 Å². The maximum absolute atomic E-state index is 5.63. The highest BCUT2D eigenvalue weighted by Crippen LogP contribution is 2.19. The van der Waals surface area contributed by atoms with Crippen LogP contribution in [0.2, 0.25) is 0 Å². The molecule has 0 saturated carbocycles. The second kappa shape index (κ2) is 6.16.